The van der Waals surface area contributed by atoms with E-state index in [2.05, 4.69) is 20.6 Å². The van der Waals surface area contributed by atoms with Gasteiger partial charge in [0.2, 0.25) is 5.95 Å². The Balaban J connectivity index is 1.42. The van der Waals surface area contributed by atoms with Gasteiger partial charge in [0.1, 0.15) is 17.7 Å². The standard InChI is InChI=1S/C21H21FN6O2/c1-24-20(29)13-3-2-4-15(9-13)26-19-18(23)10-25-21(27-19)28-11-17(12-28)30-16-7-5-14(22)6-8-16/h2-10,17H,11-12,23H2,1H3,(H,24,29)(H,25,26,27). The Morgan fingerprint density at radius 3 is 2.73 bits per heavy atom. The molecule has 2 heterocycles. The van der Waals surface area contributed by atoms with E-state index in [0.29, 0.717) is 47.5 Å². The molecule has 0 spiro atoms. The van der Waals surface area contributed by atoms with E-state index < -0.39 is 0 Å². The minimum atomic E-state index is -0.297. The van der Waals surface area contributed by atoms with Crippen LogP contribution in [0, 0.1) is 5.82 Å². The van der Waals surface area contributed by atoms with Crippen LogP contribution in [0.1, 0.15) is 10.4 Å². The first kappa shape index (κ1) is 19.4. The molecule has 0 bridgehead atoms. The number of aromatic nitrogens is 2. The van der Waals surface area contributed by atoms with Gasteiger partial charge in [-0.25, -0.2) is 9.37 Å². The molecular weight excluding hydrogens is 387 g/mol. The zero-order valence-corrected chi connectivity index (χ0v) is 16.3. The van der Waals surface area contributed by atoms with Crippen LogP contribution in [0.25, 0.3) is 0 Å². The van der Waals surface area contributed by atoms with Crippen molar-refractivity contribution in [2.45, 2.75) is 6.10 Å². The fourth-order valence-corrected chi connectivity index (χ4v) is 3.04. The highest BCUT2D eigenvalue weighted by Crippen LogP contribution is 2.26. The molecule has 0 saturated carbocycles. The average molecular weight is 408 g/mol. The SMILES string of the molecule is CNC(=O)c1cccc(Nc2nc(N3CC(Oc4ccc(F)cc4)C3)ncc2N)c1. The highest BCUT2D eigenvalue weighted by molar-refractivity contribution is 5.95. The van der Waals surface area contributed by atoms with Crippen molar-refractivity contribution in [3.05, 3.63) is 66.1 Å². The molecule has 1 aliphatic heterocycles. The Kier molecular flexibility index (Phi) is 5.34. The molecule has 1 aromatic heterocycles. The zero-order valence-electron chi connectivity index (χ0n) is 16.3. The lowest BCUT2D eigenvalue weighted by atomic mass is 10.2. The molecule has 9 heteroatoms. The van der Waals surface area contributed by atoms with E-state index in [-0.39, 0.29) is 17.8 Å². The molecule has 3 aromatic rings. The topological polar surface area (TPSA) is 105 Å². The van der Waals surface area contributed by atoms with E-state index in [0.717, 1.165) is 0 Å². The lowest BCUT2D eigenvalue weighted by Gasteiger charge is -2.39. The Morgan fingerprint density at radius 1 is 1.23 bits per heavy atom. The van der Waals surface area contributed by atoms with Crippen molar-refractivity contribution in [1.82, 2.24) is 15.3 Å². The van der Waals surface area contributed by atoms with Gasteiger partial charge in [0.15, 0.2) is 5.82 Å². The second kappa shape index (κ2) is 8.24. The second-order valence-corrected chi connectivity index (χ2v) is 6.86. The predicted octanol–water partition coefficient (Wildman–Crippen LogP) is 2.57. The monoisotopic (exact) mass is 408 g/mol. The second-order valence-electron chi connectivity index (χ2n) is 6.86. The van der Waals surface area contributed by atoms with Gasteiger partial charge in [-0.05, 0) is 42.5 Å². The van der Waals surface area contributed by atoms with Gasteiger partial charge in [0.25, 0.3) is 5.91 Å². The van der Waals surface area contributed by atoms with Crippen LogP contribution in [0.4, 0.5) is 27.5 Å². The molecule has 0 radical (unpaired) electrons. The molecule has 4 rings (SSSR count). The number of ether oxygens (including phenoxy) is 1. The van der Waals surface area contributed by atoms with Crippen molar-refractivity contribution in [2.24, 2.45) is 0 Å². The minimum Gasteiger partial charge on any atom is -0.487 e. The summed E-state index contributed by atoms with van der Waals surface area (Å²) in [4.78, 5) is 22.6. The summed E-state index contributed by atoms with van der Waals surface area (Å²) in [5, 5.41) is 5.73. The van der Waals surface area contributed by atoms with Gasteiger partial charge in [0.05, 0.1) is 25.0 Å². The quantitative estimate of drug-likeness (QED) is 0.576. The normalized spacial score (nSPS) is 13.5. The third-order valence-electron chi connectivity index (χ3n) is 4.67. The first-order chi connectivity index (χ1) is 14.5. The van der Waals surface area contributed by atoms with Crippen LogP contribution >= 0.6 is 0 Å². The molecule has 1 fully saturated rings. The summed E-state index contributed by atoms with van der Waals surface area (Å²) in [5.74, 6) is 1.12. The van der Waals surface area contributed by atoms with Crippen LogP contribution in [-0.2, 0) is 0 Å². The summed E-state index contributed by atoms with van der Waals surface area (Å²) >= 11 is 0. The molecule has 1 amide bonds. The lowest BCUT2D eigenvalue weighted by Crippen LogP contribution is -2.54. The number of nitrogens with zero attached hydrogens (tertiary/aromatic N) is 3. The van der Waals surface area contributed by atoms with Gasteiger partial charge in [-0.3, -0.25) is 4.79 Å². The number of hydrogen-bond donors (Lipinski definition) is 3. The van der Waals surface area contributed by atoms with Crippen molar-refractivity contribution in [1.29, 1.82) is 0 Å². The molecule has 0 unspecified atom stereocenters. The number of nitrogens with two attached hydrogens (primary N) is 1. The number of hydrogen-bond acceptors (Lipinski definition) is 7. The number of rotatable bonds is 6. The summed E-state index contributed by atoms with van der Waals surface area (Å²) in [7, 11) is 1.58. The van der Waals surface area contributed by atoms with Crippen LogP contribution in [0.3, 0.4) is 0 Å². The van der Waals surface area contributed by atoms with Gasteiger partial charge in [-0.15, -0.1) is 0 Å². The predicted molar refractivity (Wildman–Crippen MR) is 113 cm³/mol. The van der Waals surface area contributed by atoms with Gasteiger partial charge < -0.3 is 26.0 Å². The summed E-state index contributed by atoms with van der Waals surface area (Å²) in [6.07, 6.45) is 1.51. The fraction of sp³-hybridized carbons (Fsp3) is 0.190. The van der Waals surface area contributed by atoms with Crippen molar-refractivity contribution in [3.8, 4) is 5.75 Å². The Morgan fingerprint density at radius 2 is 2.00 bits per heavy atom. The van der Waals surface area contributed by atoms with E-state index in [4.69, 9.17) is 10.5 Å². The average Bonchev–Trinajstić information content (AvgIpc) is 2.73. The molecule has 8 nitrogen and oxygen atoms in total. The maximum atomic E-state index is 13.0. The fourth-order valence-electron chi connectivity index (χ4n) is 3.04. The number of carbonyl (C=O) groups excluding carboxylic acids is 1. The molecule has 2 aromatic carbocycles. The maximum Gasteiger partial charge on any atom is 0.251 e. The largest absolute Gasteiger partial charge is 0.487 e. The van der Waals surface area contributed by atoms with Crippen molar-refractivity contribution >= 4 is 29.0 Å². The number of nitrogen functional groups attached to an aromatic ring is 1. The van der Waals surface area contributed by atoms with E-state index in [9.17, 15) is 9.18 Å². The molecular formula is C21H21FN6O2. The van der Waals surface area contributed by atoms with Crippen LogP contribution in [0.5, 0.6) is 5.75 Å². The van der Waals surface area contributed by atoms with Crippen LogP contribution < -0.4 is 26.0 Å². The summed E-state index contributed by atoms with van der Waals surface area (Å²) in [6.45, 7) is 1.21. The Labute approximate surface area is 172 Å². The third-order valence-corrected chi connectivity index (χ3v) is 4.67. The summed E-state index contributed by atoms with van der Waals surface area (Å²) in [5.41, 5.74) is 7.63. The molecule has 154 valence electrons. The number of halogens is 1. The number of carbonyl (C=O) groups is 1. The highest BCUT2D eigenvalue weighted by atomic mass is 19.1. The van der Waals surface area contributed by atoms with Gasteiger partial charge in [0, 0.05) is 18.3 Å². The minimum absolute atomic E-state index is 0.0303. The number of benzene rings is 2. The lowest BCUT2D eigenvalue weighted by molar-refractivity contribution is 0.0963. The van der Waals surface area contributed by atoms with Gasteiger partial charge in [-0.1, -0.05) is 6.07 Å². The Hall–Kier alpha value is -3.88. The van der Waals surface area contributed by atoms with Crippen LogP contribution in [0.2, 0.25) is 0 Å². The van der Waals surface area contributed by atoms with E-state index >= 15 is 0 Å². The zero-order chi connectivity index (χ0) is 21.1. The first-order valence-electron chi connectivity index (χ1n) is 9.40. The number of amides is 1. The number of anilines is 4. The van der Waals surface area contributed by atoms with Crippen LogP contribution in [0.15, 0.2) is 54.7 Å². The van der Waals surface area contributed by atoms with E-state index in [1.807, 2.05) is 11.0 Å². The summed E-state index contributed by atoms with van der Waals surface area (Å²) < 4.78 is 18.8. The third kappa shape index (κ3) is 4.24. The molecule has 0 atom stereocenters. The Bertz CT molecular complexity index is 1050. The van der Waals surface area contributed by atoms with Crippen molar-refractivity contribution < 1.29 is 13.9 Å². The molecule has 30 heavy (non-hydrogen) atoms. The van der Waals surface area contributed by atoms with Gasteiger partial charge >= 0.3 is 0 Å². The first-order valence-corrected chi connectivity index (χ1v) is 9.40. The molecule has 4 N–H and O–H groups in total. The van der Waals surface area contributed by atoms with Crippen LogP contribution in [-0.4, -0.2) is 42.1 Å². The smallest absolute Gasteiger partial charge is 0.251 e. The molecule has 1 saturated heterocycles. The van der Waals surface area contributed by atoms with E-state index in [1.54, 1.807) is 43.6 Å². The number of nitrogens with one attached hydrogen (secondary N) is 2. The van der Waals surface area contributed by atoms with Gasteiger partial charge in [-0.2, -0.15) is 4.98 Å². The van der Waals surface area contributed by atoms with E-state index in [1.165, 1.54) is 12.1 Å². The van der Waals surface area contributed by atoms with Crippen molar-refractivity contribution in [2.75, 3.05) is 36.1 Å². The maximum absolute atomic E-state index is 13.0. The summed E-state index contributed by atoms with van der Waals surface area (Å²) in [6, 6.07) is 13.0. The molecule has 1 aliphatic rings. The molecule has 0 aliphatic carbocycles. The highest BCUT2D eigenvalue weighted by Gasteiger charge is 2.31. The van der Waals surface area contributed by atoms with Crippen molar-refractivity contribution in [3.63, 3.8) is 0 Å².